The second kappa shape index (κ2) is 5.25. The summed E-state index contributed by atoms with van der Waals surface area (Å²) >= 11 is 0. The quantitative estimate of drug-likeness (QED) is 0.537. The third-order valence-corrected chi connectivity index (χ3v) is 1.85. The van der Waals surface area contributed by atoms with Gasteiger partial charge in [-0.2, -0.15) is 0 Å². The third kappa shape index (κ3) is 3.08. The van der Waals surface area contributed by atoms with Gasteiger partial charge >= 0.3 is 0 Å². The van der Waals surface area contributed by atoms with E-state index in [1.54, 1.807) is 6.20 Å². The molecule has 0 spiro atoms. The Balaban J connectivity index is 2.66. The number of hydrogen-bond acceptors (Lipinski definition) is 3. The van der Waals surface area contributed by atoms with Crippen molar-refractivity contribution in [1.29, 1.82) is 0 Å². The second-order valence-electron chi connectivity index (χ2n) is 3.08. The minimum atomic E-state index is 0.575. The summed E-state index contributed by atoms with van der Waals surface area (Å²) < 4.78 is 0. The molecule has 3 N–H and O–H groups in total. The fraction of sp³-hybridized carbons (Fsp3) is 0.364. The van der Waals surface area contributed by atoms with Crippen LogP contribution in [0.2, 0.25) is 0 Å². The van der Waals surface area contributed by atoms with E-state index in [-0.39, 0.29) is 0 Å². The molecular weight excluding hydrogens is 174 g/mol. The Morgan fingerprint density at radius 1 is 1.57 bits per heavy atom. The lowest BCUT2D eigenvalue weighted by Crippen LogP contribution is -2.05. The summed E-state index contributed by atoms with van der Waals surface area (Å²) in [6.45, 7) is 2.84. The summed E-state index contributed by atoms with van der Waals surface area (Å²) in [6, 6.07) is 1.95. The Hall–Kier alpha value is -1.53. The molecule has 14 heavy (non-hydrogen) atoms. The van der Waals surface area contributed by atoms with Crippen LogP contribution in [0, 0.1) is 18.8 Å². The van der Waals surface area contributed by atoms with E-state index in [9.17, 15) is 0 Å². The van der Waals surface area contributed by atoms with Crippen molar-refractivity contribution >= 4 is 5.82 Å². The van der Waals surface area contributed by atoms with E-state index in [1.807, 2.05) is 20.0 Å². The SMILES string of the molecule is CNCCC#Cc1cnc(N)c(C)c1. The standard InChI is InChI=1S/C11H15N3/c1-9-7-10(8-14-11(9)12)5-3-4-6-13-2/h7-8,13H,4,6H2,1-2H3,(H2,12,14). The van der Waals surface area contributed by atoms with E-state index in [0.717, 1.165) is 24.1 Å². The summed E-state index contributed by atoms with van der Waals surface area (Å²) in [5.74, 6) is 6.67. The molecule has 0 aliphatic carbocycles. The predicted molar refractivity (Wildman–Crippen MR) is 58.8 cm³/mol. The molecule has 1 heterocycles. The maximum atomic E-state index is 5.60. The van der Waals surface area contributed by atoms with Crippen LogP contribution in [0.25, 0.3) is 0 Å². The van der Waals surface area contributed by atoms with Gasteiger partial charge < -0.3 is 11.1 Å². The highest BCUT2D eigenvalue weighted by Gasteiger charge is 1.94. The lowest BCUT2D eigenvalue weighted by molar-refractivity contribution is 0.818. The average Bonchev–Trinajstić information content (AvgIpc) is 2.18. The van der Waals surface area contributed by atoms with Gasteiger partial charge in [0.1, 0.15) is 5.82 Å². The van der Waals surface area contributed by atoms with Gasteiger partial charge in [0.25, 0.3) is 0 Å². The molecule has 0 aromatic carbocycles. The molecule has 3 nitrogen and oxygen atoms in total. The summed E-state index contributed by atoms with van der Waals surface area (Å²) in [4.78, 5) is 4.04. The van der Waals surface area contributed by atoms with E-state index < -0.39 is 0 Å². The molecule has 0 amide bonds. The van der Waals surface area contributed by atoms with Crippen molar-refractivity contribution in [2.75, 3.05) is 19.3 Å². The number of aryl methyl sites for hydroxylation is 1. The molecule has 0 bridgehead atoms. The summed E-state index contributed by atoms with van der Waals surface area (Å²) in [5.41, 5.74) is 7.50. The molecular formula is C11H15N3. The van der Waals surface area contributed by atoms with Gasteiger partial charge in [-0.25, -0.2) is 4.98 Å². The molecule has 0 atom stereocenters. The zero-order valence-electron chi connectivity index (χ0n) is 8.59. The zero-order valence-corrected chi connectivity index (χ0v) is 8.59. The molecule has 0 aliphatic heterocycles. The van der Waals surface area contributed by atoms with Gasteiger partial charge in [-0.1, -0.05) is 11.8 Å². The van der Waals surface area contributed by atoms with Crippen molar-refractivity contribution in [3.8, 4) is 11.8 Å². The van der Waals surface area contributed by atoms with E-state index in [2.05, 4.69) is 22.1 Å². The molecule has 0 fully saturated rings. The van der Waals surface area contributed by atoms with Gasteiger partial charge in [-0.15, -0.1) is 0 Å². The van der Waals surface area contributed by atoms with Gasteiger partial charge in [-0.3, -0.25) is 0 Å². The van der Waals surface area contributed by atoms with Gasteiger partial charge in [-0.05, 0) is 25.6 Å². The average molecular weight is 189 g/mol. The lowest BCUT2D eigenvalue weighted by atomic mass is 10.2. The highest BCUT2D eigenvalue weighted by molar-refractivity contribution is 5.44. The van der Waals surface area contributed by atoms with Crippen molar-refractivity contribution in [3.05, 3.63) is 23.4 Å². The summed E-state index contributed by atoms with van der Waals surface area (Å²) in [7, 11) is 1.91. The molecule has 0 saturated heterocycles. The molecule has 1 aromatic heterocycles. The highest BCUT2D eigenvalue weighted by atomic mass is 14.8. The van der Waals surface area contributed by atoms with Crippen LogP contribution in [-0.2, 0) is 0 Å². The molecule has 1 rings (SSSR count). The van der Waals surface area contributed by atoms with Crippen LogP contribution in [0.3, 0.4) is 0 Å². The smallest absolute Gasteiger partial charge is 0.126 e. The van der Waals surface area contributed by atoms with E-state index >= 15 is 0 Å². The first-order chi connectivity index (χ1) is 6.74. The largest absolute Gasteiger partial charge is 0.383 e. The van der Waals surface area contributed by atoms with Crippen molar-refractivity contribution in [1.82, 2.24) is 10.3 Å². The van der Waals surface area contributed by atoms with Crippen LogP contribution in [-0.4, -0.2) is 18.6 Å². The first-order valence-corrected chi connectivity index (χ1v) is 4.59. The van der Waals surface area contributed by atoms with Gasteiger partial charge in [0.15, 0.2) is 0 Å². The summed E-state index contributed by atoms with van der Waals surface area (Å²) in [5, 5.41) is 3.04. The maximum Gasteiger partial charge on any atom is 0.126 e. The number of nitrogens with one attached hydrogen (secondary N) is 1. The normalized spacial score (nSPS) is 9.29. The number of nitrogens with two attached hydrogens (primary N) is 1. The van der Waals surface area contributed by atoms with Crippen LogP contribution in [0.15, 0.2) is 12.3 Å². The zero-order chi connectivity index (χ0) is 10.4. The Kier molecular flexibility index (Phi) is 3.96. The number of nitrogens with zero attached hydrogens (tertiary/aromatic N) is 1. The van der Waals surface area contributed by atoms with Crippen LogP contribution in [0.4, 0.5) is 5.82 Å². The molecule has 74 valence electrons. The number of hydrogen-bond donors (Lipinski definition) is 2. The fourth-order valence-corrected chi connectivity index (χ4v) is 1.01. The van der Waals surface area contributed by atoms with Crippen LogP contribution in [0.1, 0.15) is 17.5 Å². The Bertz CT molecular complexity index is 361. The fourth-order valence-electron chi connectivity index (χ4n) is 1.01. The molecule has 0 saturated carbocycles. The van der Waals surface area contributed by atoms with E-state index in [1.165, 1.54) is 0 Å². The number of pyridine rings is 1. The molecule has 0 radical (unpaired) electrons. The monoisotopic (exact) mass is 189 g/mol. The first kappa shape index (κ1) is 10.6. The van der Waals surface area contributed by atoms with Crippen LogP contribution < -0.4 is 11.1 Å². The van der Waals surface area contributed by atoms with Gasteiger partial charge in [0.2, 0.25) is 0 Å². The topological polar surface area (TPSA) is 50.9 Å². The predicted octanol–water partition coefficient (Wildman–Crippen LogP) is 0.933. The number of nitrogen functional groups attached to an aromatic ring is 1. The number of aromatic nitrogens is 1. The number of rotatable bonds is 2. The van der Waals surface area contributed by atoms with Crippen molar-refractivity contribution in [3.63, 3.8) is 0 Å². The Morgan fingerprint density at radius 3 is 3.00 bits per heavy atom. The van der Waals surface area contributed by atoms with Crippen molar-refractivity contribution in [2.24, 2.45) is 0 Å². The van der Waals surface area contributed by atoms with Crippen LogP contribution >= 0.6 is 0 Å². The number of anilines is 1. The minimum absolute atomic E-state index is 0.575. The third-order valence-electron chi connectivity index (χ3n) is 1.85. The van der Waals surface area contributed by atoms with Crippen molar-refractivity contribution in [2.45, 2.75) is 13.3 Å². The lowest BCUT2D eigenvalue weighted by Gasteiger charge is -1.97. The second-order valence-corrected chi connectivity index (χ2v) is 3.08. The van der Waals surface area contributed by atoms with Gasteiger partial charge in [0, 0.05) is 24.7 Å². The highest BCUT2D eigenvalue weighted by Crippen LogP contribution is 2.07. The summed E-state index contributed by atoms with van der Waals surface area (Å²) in [6.07, 6.45) is 2.55. The Labute approximate surface area is 84.7 Å². The maximum absolute atomic E-state index is 5.60. The van der Waals surface area contributed by atoms with E-state index in [4.69, 9.17) is 5.73 Å². The molecule has 0 unspecified atom stereocenters. The van der Waals surface area contributed by atoms with Gasteiger partial charge in [0.05, 0.1) is 0 Å². The molecule has 3 heteroatoms. The first-order valence-electron chi connectivity index (χ1n) is 4.59. The van der Waals surface area contributed by atoms with E-state index in [0.29, 0.717) is 5.82 Å². The Morgan fingerprint density at radius 2 is 2.36 bits per heavy atom. The van der Waals surface area contributed by atoms with Crippen LogP contribution in [0.5, 0.6) is 0 Å². The molecule has 0 aliphatic rings. The minimum Gasteiger partial charge on any atom is -0.383 e. The van der Waals surface area contributed by atoms with Crippen molar-refractivity contribution < 1.29 is 0 Å². The molecule has 1 aromatic rings.